The lowest BCUT2D eigenvalue weighted by molar-refractivity contribution is -0.132. The summed E-state index contributed by atoms with van der Waals surface area (Å²) in [5.74, 6) is 3.78. The molecule has 3 aromatic rings. The van der Waals surface area contributed by atoms with E-state index in [2.05, 4.69) is 31.2 Å². The Hall–Kier alpha value is -3.44. The number of anilines is 1. The highest BCUT2D eigenvalue weighted by Gasteiger charge is 2.41. The number of carbonyl (C=O) groups is 1. The highest BCUT2D eigenvalue weighted by atomic mass is 16.2. The molecule has 2 unspecified atom stereocenters. The van der Waals surface area contributed by atoms with Crippen molar-refractivity contribution in [3.63, 3.8) is 0 Å². The third kappa shape index (κ3) is 3.84. The molecule has 2 aliphatic heterocycles. The molecule has 0 aromatic carbocycles. The van der Waals surface area contributed by atoms with Gasteiger partial charge in [-0.1, -0.05) is 12.0 Å². The maximum Gasteiger partial charge on any atom is 0.223 e. The number of hydrogen-bond donors (Lipinski definition) is 1. The van der Waals surface area contributed by atoms with Crippen molar-refractivity contribution in [2.24, 2.45) is 0 Å². The summed E-state index contributed by atoms with van der Waals surface area (Å²) in [7, 11) is 0. The van der Waals surface area contributed by atoms with Crippen molar-refractivity contribution in [1.29, 1.82) is 0 Å². The van der Waals surface area contributed by atoms with Crippen LogP contribution in [0.5, 0.6) is 0 Å². The van der Waals surface area contributed by atoms with E-state index in [0.29, 0.717) is 31.6 Å². The summed E-state index contributed by atoms with van der Waals surface area (Å²) in [6.07, 6.45) is 11.4. The number of piperazine rings is 1. The molecule has 2 atom stereocenters. The van der Waals surface area contributed by atoms with Crippen LogP contribution >= 0.6 is 0 Å². The number of aromatic nitrogens is 4. The van der Waals surface area contributed by atoms with Crippen LogP contribution in [-0.4, -0.2) is 62.1 Å². The zero-order valence-electron chi connectivity index (χ0n) is 17.3. The molecule has 0 spiro atoms. The van der Waals surface area contributed by atoms with Gasteiger partial charge in [0.1, 0.15) is 12.1 Å². The van der Waals surface area contributed by atoms with Gasteiger partial charge in [-0.3, -0.25) is 4.79 Å². The lowest BCUT2D eigenvalue weighted by atomic mass is 10.1. The van der Waals surface area contributed by atoms with Gasteiger partial charge in [-0.2, -0.15) is 5.10 Å². The number of terminal acetylenes is 1. The van der Waals surface area contributed by atoms with Gasteiger partial charge in [-0.05, 0) is 37.1 Å². The zero-order chi connectivity index (χ0) is 21.2. The molecule has 3 aromatic heterocycles. The first-order chi connectivity index (χ1) is 15.2. The second-order valence-corrected chi connectivity index (χ2v) is 8.11. The lowest BCUT2D eigenvalue weighted by Gasteiger charge is -2.41. The first kappa shape index (κ1) is 19.5. The molecule has 5 rings (SSSR count). The largest absolute Gasteiger partial charge is 0.347 e. The van der Waals surface area contributed by atoms with E-state index in [-0.39, 0.29) is 5.91 Å². The van der Waals surface area contributed by atoms with Gasteiger partial charge in [0.25, 0.3) is 0 Å². The van der Waals surface area contributed by atoms with Crippen molar-refractivity contribution in [3.05, 3.63) is 54.1 Å². The molecule has 1 amide bonds. The Morgan fingerprint density at radius 3 is 2.74 bits per heavy atom. The fourth-order valence-electron chi connectivity index (χ4n) is 4.71. The van der Waals surface area contributed by atoms with Gasteiger partial charge < -0.3 is 15.1 Å². The molecular weight excluding hydrogens is 390 g/mol. The van der Waals surface area contributed by atoms with Crippen LogP contribution in [0.15, 0.2) is 42.9 Å². The normalized spacial score (nSPS) is 20.2. The molecule has 31 heavy (non-hydrogen) atoms. The molecular formula is C23H25N7O. The average molecular weight is 416 g/mol. The number of carbonyl (C=O) groups excluding carboxylic acids is 1. The van der Waals surface area contributed by atoms with Crippen LogP contribution in [0.25, 0.3) is 5.65 Å². The summed E-state index contributed by atoms with van der Waals surface area (Å²) in [4.78, 5) is 26.0. The molecule has 5 heterocycles. The standard InChI is InChI=1S/C23H25N7O/c1-2-17-6-9-21(25-12-17)29-19-7-8-20(29)15-28(14-19)23(31)10-11-24-13-18-4-3-5-22-26-16-27-30(18)22/h1,3-6,9,12,16,19-20,24H,7-8,10-11,13-15H2. The van der Waals surface area contributed by atoms with Crippen LogP contribution in [0.2, 0.25) is 0 Å². The summed E-state index contributed by atoms with van der Waals surface area (Å²) in [6, 6.07) is 10.5. The van der Waals surface area contributed by atoms with Crippen molar-refractivity contribution >= 4 is 17.4 Å². The fourth-order valence-corrected chi connectivity index (χ4v) is 4.71. The predicted octanol–water partition coefficient (Wildman–Crippen LogP) is 1.47. The topological polar surface area (TPSA) is 78.7 Å². The van der Waals surface area contributed by atoms with E-state index in [1.807, 2.05) is 39.7 Å². The lowest BCUT2D eigenvalue weighted by Crippen LogP contribution is -2.56. The van der Waals surface area contributed by atoms with Gasteiger partial charge in [-0.15, -0.1) is 6.42 Å². The third-order valence-corrected chi connectivity index (χ3v) is 6.22. The minimum Gasteiger partial charge on any atom is -0.347 e. The Labute approximate surface area is 181 Å². The van der Waals surface area contributed by atoms with Gasteiger partial charge in [-0.25, -0.2) is 14.5 Å². The van der Waals surface area contributed by atoms with Crippen LogP contribution < -0.4 is 10.2 Å². The molecule has 2 bridgehead atoms. The van der Waals surface area contributed by atoms with Gasteiger partial charge in [0.15, 0.2) is 5.65 Å². The Bertz CT molecular complexity index is 1100. The van der Waals surface area contributed by atoms with Crippen molar-refractivity contribution < 1.29 is 4.79 Å². The van der Waals surface area contributed by atoms with E-state index in [0.717, 1.165) is 48.7 Å². The Kier molecular flexibility index (Phi) is 5.26. The summed E-state index contributed by atoms with van der Waals surface area (Å²) < 4.78 is 1.82. The Morgan fingerprint density at radius 2 is 2.00 bits per heavy atom. The van der Waals surface area contributed by atoms with E-state index < -0.39 is 0 Å². The predicted molar refractivity (Wildman–Crippen MR) is 117 cm³/mol. The van der Waals surface area contributed by atoms with Gasteiger partial charge in [0.2, 0.25) is 5.91 Å². The maximum absolute atomic E-state index is 12.8. The number of nitrogens with one attached hydrogen (secondary N) is 1. The number of rotatable bonds is 6. The number of pyridine rings is 2. The quantitative estimate of drug-likeness (QED) is 0.485. The van der Waals surface area contributed by atoms with E-state index in [1.165, 1.54) is 0 Å². The molecule has 0 saturated carbocycles. The minimum atomic E-state index is 0.207. The molecule has 0 aliphatic carbocycles. The highest BCUT2D eigenvalue weighted by molar-refractivity contribution is 5.77. The number of likely N-dealkylation sites (tertiary alicyclic amines) is 1. The SMILES string of the molecule is C#Cc1ccc(N2C3CCC2CN(C(=O)CCNCc2cccc4ncnn24)C3)nc1. The molecule has 2 fully saturated rings. The van der Waals surface area contributed by atoms with E-state index in [4.69, 9.17) is 6.42 Å². The van der Waals surface area contributed by atoms with Gasteiger partial charge in [0.05, 0.1) is 5.69 Å². The van der Waals surface area contributed by atoms with E-state index in [9.17, 15) is 4.79 Å². The number of fused-ring (bicyclic) bond motifs is 3. The summed E-state index contributed by atoms with van der Waals surface area (Å²) in [6.45, 7) is 2.79. The second kappa shape index (κ2) is 8.36. The zero-order valence-corrected chi connectivity index (χ0v) is 17.3. The van der Waals surface area contributed by atoms with Crippen molar-refractivity contribution in [1.82, 2.24) is 29.8 Å². The molecule has 8 heteroatoms. The van der Waals surface area contributed by atoms with E-state index in [1.54, 1.807) is 12.5 Å². The summed E-state index contributed by atoms with van der Waals surface area (Å²) in [5, 5.41) is 7.61. The molecule has 2 saturated heterocycles. The maximum atomic E-state index is 12.8. The van der Waals surface area contributed by atoms with Crippen LogP contribution in [0.1, 0.15) is 30.5 Å². The first-order valence-corrected chi connectivity index (χ1v) is 10.7. The van der Waals surface area contributed by atoms with Crippen LogP contribution in [0.3, 0.4) is 0 Å². The summed E-state index contributed by atoms with van der Waals surface area (Å²) >= 11 is 0. The number of nitrogens with zero attached hydrogens (tertiary/aromatic N) is 6. The molecule has 1 N–H and O–H groups in total. The van der Waals surface area contributed by atoms with Crippen LogP contribution in [0, 0.1) is 12.3 Å². The smallest absolute Gasteiger partial charge is 0.223 e. The van der Waals surface area contributed by atoms with Crippen molar-refractivity contribution in [2.45, 2.75) is 37.9 Å². The van der Waals surface area contributed by atoms with Crippen LogP contribution in [0.4, 0.5) is 5.82 Å². The molecule has 2 aliphatic rings. The van der Waals surface area contributed by atoms with Crippen LogP contribution in [-0.2, 0) is 11.3 Å². The van der Waals surface area contributed by atoms with Crippen molar-refractivity contribution in [2.75, 3.05) is 24.5 Å². The molecule has 8 nitrogen and oxygen atoms in total. The third-order valence-electron chi connectivity index (χ3n) is 6.22. The van der Waals surface area contributed by atoms with E-state index >= 15 is 0 Å². The second-order valence-electron chi connectivity index (χ2n) is 8.11. The summed E-state index contributed by atoms with van der Waals surface area (Å²) in [5.41, 5.74) is 2.64. The van der Waals surface area contributed by atoms with Gasteiger partial charge >= 0.3 is 0 Å². The number of amides is 1. The minimum absolute atomic E-state index is 0.207. The monoisotopic (exact) mass is 415 g/mol. The molecule has 158 valence electrons. The Balaban J connectivity index is 1.14. The van der Waals surface area contributed by atoms with Gasteiger partial charge in [0, 0.05) is 56.4 Å². The van der Waals surface area contributed by atoms with Crippen molar-refractivity contribution in [3.8, 4) is 12.3 Å². The number of hydrogen-bond acceptors (Lipinski definition) is 6. The average Bonchev–Trinajstić information content (AvgIpc) is 3.39. The highest BCUT2D eigenvalue weighted by Crippen LogP contribution is 2.34. The Morgan fingerprint density at radius 1 is 1.16 bits per heavy atom. The first-order valence-electron chi connectivity index (χ1n) is 10.7. The fraction of sp³-hybridized carbons (Fsp3) is 0.391. The molecule has 0 radical (unpaired) electrons.